The number of hydrogen-bond acceptors (Lipinski definition) is 6. The molecule has 2 aromatic heterocycles. The summed E-state index contributed by atoms with van der Waals surface area (Å²) in [4.78, 5) is 17.6. The van der Waals surface area contributed by atoms with Gasteiger partial charge in [0.15, 0.2) is 0 Å². The third kappa shape index (κ3) is 4.59. The number of thioether (sulfide) groups is 1. The third-order valence-corrected chi connectivity index (χ3v) is 4.84. The van der Waals surface area contributed by atoms with E-state index in [4.69, 9.17) is 4.74 Å². The number of nitrogens with one attached hydrogen (secondary N) is 2. The van der Waals surface area contributed by atoms with Crippen LogP contribution in [0, 0.1) is 0 Å². The van der Waals surface area contributed by atoms with Crippen LogP contribution >= 0.6 is 23.1 Å². The lowest BCUT2D eigenvalue weighted by Crippen LogP contribution is -2.14. The number of ether oxygens (including phenoxy) is 1. The van der Waals surface area contributed by atoms with Gasteiger partial charge in [-0.1, -0.05) is 23.9 Å². The minimum atomic E-state index is -0.113. The van der Waals surface area contributed by atoms with Crippen LogP contribution in [0.1, 0.15) is 10.7 Å². The molecule has 0 unspecified atom stereocenters. The molecule has 0 atom stereocenters. The van der Waals surface area contributed by atoms with Crippen molar-refractivity contribution in [3.8, 4) is 5.75 Å². The number of thiophene rings is 1. The predicted octanol–water partition coefficient (Wildman–Crippen LogP) is 3.20. The summed E-state index contributed by atoms with van der Waals surface area (Å²) in [6, 6.07) is 11.3. The maximum atomic E-state index is 12.0. The van der Waals surface area contributed by atoms with Gasteiger partial charge < -0.3 is 10.1 Å². The second-order valence-electron chi connectivity index (χ2n) is 4.89. The summed E-state index contributed by atoms with van der Waals surface area (Å²) in [6.45, 7) is 0. The standard InChI is InChI=1S/C16H16N4O2S2/c1-22-12-5-2-4-11(8-12)17-15(21)10-24-16-18-14(19-20-16)9-13-6-3-7-23-13/h2-8H,9-10H2,1H3,(H,17,21)(H,18,19,20). The van der Waals surface area contributed by atoms with Gasteiger partial charge in [-0.15, -0.1) is 16.4 Å². The van der Waals surface area contributed by atoms with E-state index in [-0.39, 0.29) is 11.7 Å². The molecule has 2 N–H and O–H groups in total. The van der Waals surface area contributed by atoms with E-state index >= 15 is 0 Å². The van der Waals surface area contributed by atoms with Crippen molar-refractivity contribution in [2.75, 3.05) is 18.2 Å². The van der Waals surface area contributed by atoms with Gasteiger partial charge in [0.25, 0.3) is 0 Å². The Bertz CT molecular complexity index is 802. The average molecular weight is 360 g/mol. The second kappa shape index (κ2) is 7.98. The largest absolute Gasteiger partial charge is 0.497 e. The molecular weight excluding hydrogens is 344 g/mol. The molecule has 0 saturated carbocycles. The molecule has 124 valence electrons. The van der Waals surface area contributed by atoms with Crippen LogP contribution in [0.2, 0.25) is 0 Å². The lowest BCUT2D eigenvalue weighted by atomic mass is 10.3. The van der Waals surface area contributed by atoms with E-state index < -0.39 is 0 Å². The van der Waals surface area contributed by atoms with E-state index in [1.165, 1.54) is 16.6 Å². The number of benzene rings is 1. The fraction of sp³-hybridized carbons (Fsp3) is 0.188. The highest BCUT2D eigenvalue weighted by molar-refractivity contribution is 7.99. The Balaban J connectivity index is 1.50. The van der Waals surface area contributed by atoms with Crippen molar-refractivity contribution in [1.29, 1.82) is 0 Å². The van der Waals surface area contributed by atoms with Crippen LogP contribution in [0.4, 0.5) is 5.69 Å². The zero-order valence-electron chi connectivity index (χ0n) is 13.0. The first-order chi connectivity index (χ1) is 11.7. The van der Waals surface area contributed by atoms with Crippen molar-refractivity contribution >= 4 is 34.7 Å². The summed E-state index contributed by atoms with van der Waals surface area (Å²) in [6.07, 6.45) is 0.723. The number of hydrogen-bond donors (Lipinski definition) is 2. The van der Waals surface area contributed by atoms with Crippen LogP contribution < -0.4 is 10.1 Å². The highest BCUT2D eigenvalue weighted by Crippen LogP contribution is 2.19. The molecule has 6 nitrogen and oxygen atoms in total. The number of methoxy groups -OCH3 is 1. The van der Waals surface area contributed by atoms with Gasteiger partial charge in [0.05, 0.1) is 12.9 Å². The normalized spacial score (nSPS) is 10.5. The summed E-state index contributed by atoms with van der Waals surface area (Å²) >= 11 is 2.98. The molecule has 2 heterocycles. The molecule has 0 fully saturated rings. The minimum absolute atomic E-state index is 0.113. The fourth-order valence-corrected chi connectivity index (χ4v) is 3.35. The Labute approximate surface area is 147 Å². The van der Waals surface area contributed by atoms with E-state index in [1.54, 1.807) is 24.5 Å². The monoisotopic (exact) mass is 360 g/mol. The Morgan fingerprint density at radius 3 is 3.08 bits per heavy atom. The lowest BCUT2D eigenvalue weighted by molar-refractivity contribution is -0.113. The van der Waals surface area contributed by atoms with Crippen LogP contribution in [0.5, 0.6) is 5.75 Å². The number of amides is 1. The second-order valence-corrected chi connectivity index (χ2v) is 6.86. The maximum absolute atomic E-state index is 12.0. The van der Waals surface area contributed by atoms with E-state index in [1.807, 2.05) is 29.6 Å². The van der Waals surface area contributed by atoms with Crippen molar-refractivity contribution < 1.29 is 9.53 Å². The SMILES string of the molecule is COc1cccc(NC(=O)CSc2n[nH]c(Cc3cccs3)n2)c1. The third-order valence-electron chi connectivity index (χ3n) is 3.12. The number of nitrogens with zero attached hydrogens (tertiary/aromatic N) is 2. The van der Waals surface area contributed by atoms with E-state index in [2.05, 4.69) is 26.6 Å². The van der Waals surface area contributed by atoms with E-state index in [0.717, 1.165) is 12.2 Å². The number of rotatable bonds is 7. The van der Waals surface area contributed by atoms with Crippen LogP contribution in [-0.4, -0.2) is 34.0 Å². The first kappa shape index (κ1) is 16.5. The quantitative estimate of drug-likeness (QED) is 0.633. The number of carbonyl (C=O) groups is 1. The summed E-state index contributed by atoms with van der Waals surface area (Å²) in [5, 5.41) is 12.5. The Morgan fingerprint density at radius 2 is 2.29 bits per heavy atom. The van der Waals surface area contributed by atoms with Crippen molar-refractivity contribution in [2.45, 2.75) is 11.6 Å². The number of aromatic amines is 1. The molecule has 3 rings (SSSR count). The molecular formula is C16H16N4O2S2. The number of carbonyl (C=O) groups excluding carboxylic acids is 1. The van der Waals surface area contributed by atoms with E-state index in [0.29, 0.717) is 16.6 Å². The van der Waals surface area contributed by atoms with Crippen LogP contribution in [0.25, 0.3) is 0 Å². The smallest absolute Gasteiger partial charge is 0.234 e. The zero-order valence-corrected chi connectivity index (χ0v) is 14.6. The summed E-state index contributed by atoms with van der Waals surface area (Å²) in [7, 11) is 1.59. The van der Waals surface area contributed by atoms with Gasteiger partial charge in [-0.2, -0.15) is 0 Å². The lowest BCUT2D eigenvalue weighted by Gasteiger charge is -2.06. The first-order valence-corrected chi connectivity index (χ1v) is 9.10. The molecule has 0 bridgehead atoms. The van der Waals surface area contributed by atoms with Crippen LogP contribution in [0.3, 0.4) is 0 Å². The predicted molar refractivity (Wildman–Crippen MR) is 95.9 cm³/mol. The van der Waals surface area contributed by atoms with E-state index in [9.17, 15) is 4.79 Å². The molecule has 8 heteroatoms. The molecule has 0 radical (unpaired) electrons. The number of anilines is 1. The highest BCUT2D eigenvalue weighted by Gasteiger charge is 2.09. The molecule has 24 heavy (non-hydrogen) atoms. The Morgan fingerprint density at radius 1 is 1.38 bits per heavy atom. The number of aromatic nitrogens is 3. The number of H-pyrrole nitrogens is 1. The van der Waals surface area contributed by atoms with Gasteiger partial charge in [0.2, 0.25) is 11.1 Å². The molecule has 0 saturated heterocycles. The maximum Gasteiger partial charge on any atom is 0.234 e. The van der Waals surface area contributed by atoms with Gasteiger partial charge in [0.1, 0.15) is 11.6 Å². The summed E-state index contributed by atoms with van der Waals surface area (Å²) < 4.78 is 5.13. The molecule has 0 aliphatic carbocycles. The van der Waals surface area contributed by atoms with Gasteiger partial charge in [-0.3, -0.25) is 9.89 Å². The Kier molecular flexibility index (Phi) is 5.50. The topological polar surface area (TPSA) is 79.9 Å². The molecule has 1 aromatic carbocycles. The molecule has 0 aliphatic heterocycles. The Hall–Kier alpha value is -2.32. The molecule has 0 spiro atoms. The zero-order chi connectivity index (χ0) is 16.8. The van der Waals surface area contributed by atoms with Crippen molar-refractivity contribution in [2.24, 2.45) is 0 Å². The minimum Gasteiger partial charge on any atom is -0.497 e. The highest BCUT2D eigenvalue weighted by atomic mass is 32.2. The molecule has 1 amide bonds. The van der Waals surface area contributed by atoms with Gasteiger partial charge in [0, 0.05) is 23.1 Å². The average Bonchev–Trinajstić information content (AvgIpc) is 3.25. The summed E-state index contributed by atoms with van der Waals surface area (Å²) in [5.41, 5.74) is 0.702. The van der Waals surface area contributed by atoms with Crippen molar-refractivity contribution in [3.05, 3.63) is 52.5 Å². The van der Waals surface area contributed by atoms with Gasteiger partial charge in [-0.25, -0.2) is 4.98 Å². The van der Waals surface area contributed by atoms with Crippen molar-refractivity contribution in [3.63, 3.8) is 0 Å². The van der Waals surface area contributed by atoms with Gasteiger partial charge in [-0.05, 0) is 23.6 Å². The first-order valence-electron chi connectivity index (χ1n) is 7.23. The fourth-order valence-electron chi connectivity index (χ4n) is 2.03. The van der Waals surface area contributed by atoms with Crippen LogP contribution in [-0.2, 0) is 11.2 Å². The van der Waals surface area contributed by atoms with Crippen molar-refractivity contribution in [1.82, 2.24) is 15.2 Å². The molecule has 0 aliphatic rings. The molecule has 3 aromatic rings. The van der Waals surface area contributed by atoms with Gasteiger partial charge >= 0.3 is 0 Å². The van der Waals surface area contributed by atoms with Crippen LogP contribution in [0.15, 0.2) is 46.9 Å². The summed E-state index contributed by atoms with van der Waals surface area (Å²) in [5.74, 6) is 1.63.